The van der Waals surface area contributed by atoms with Crippen LogP contribution in [0, 0.1) is 0 Å². The van der Waals surface area contributed by atoms with Crippen molar-refractivity contribution >= 4 is 11.9 Å². The Kier molecular flexibility index (Phi) is 5.23. The fraction of sp³-hybridized carbons (Fsp3) is 0.500. The monoisotopic (exact) mass is 386 g/mol. The minimum atomic E-state index is -0.463. The Morgan fingerprint density at radius 1 is 1.21 bits per heavy atom. The number of rotatable bonds is 5. The molecule has 8 nitrogen and oxygen atoms in total. The average Bonchev–Trinajstić information content (AvgIpc) is 3.06. The van der Waals surface area contributed by atoms with Gasteiger partial charge in [-0.25, -0.2) is 4.79 Å². The Bertz CT molecular complexity index is 803. The van der Waals surface area contributed by atoms with Gasteiger partial charge in [-0.05, 0) is 17.7 Å². The van der Waals surface area contributed by atoms with E-state index in [1.165, 1.54) is 0 Å². The molecule has 3 aliphatic rings. The summed E-state index contributed by atoms with van der Waals surface area (Å²) in [5, 5.41) is 2.96. The first-order valence-corrected chi connectivity index (χ1v) is 9.59. The maximum atomic E-state index is 13.2. The lowest BCUT2D eigenvalue weighted by molar-refractivity contribution is -0.126. The lowest BCUT2D eigenvalue weighted by Gasteiger charge is -2.31. The molecular weight excluding hydrogens is 360 g/mol. The topological polar surface area (TPSA) is 74.4 Å². The molecule has 1 aromatic carbocycles. The normalized spacial score (nSPS) is 23.1. The number of ether oxygens (including phenoxy) is 2. The molecule has 0 aromatic heterocycles. The van der Waals surface area contributed by atoms with Gasteiger partial charge in [0.1, 0.15) is 5.75 Å². The van der Waals surface area contributed by atoms with E-state index in [2.05, 4.69) is 10.2 Å². The van der Waals surface area contributed by atoms with Crippen LogP contribution in [-0.4, -0.2) is 86.7 Å². The number of benzene rings is 1. The van der Waals surface area contributed by atoms with Gasteiger partial charge in [-0.1, -0.05) is 12.1 Å². The lowest BCUT2D eigenvalue weighted by Crippen LogP contribution is -2.45. The van der Waals surface area contributed by atoms with Crippen LogP contribution in [0.4, 0.5) is 4.79 Å². The third-order valence-electron chi connectivity index (χ3n) is 5.65. The van der Waals surface area contributed by atoms with E-state index in [4.69, 9.17) is 9.47 Å². The number of nitrogens with zero attached hydrogens (tertiary/aromatic N) is 3. The Balaban J connectivity index is 1.55. The van der Waals surface area contributed by atoms with Crippen LogP contribution in [0.5, 0.6) is 5.75 Å². The maximum absolute atomic E-state index is 13.2. The molecule has 0 aliphatic carbocycles. The van der Waals surface area contributed by atoms with Crippen molar-refractivity contribution in [1.82, 2.24) is 20.0 Å². The zero-order valence-corrected chi connectivity index (χ0v) is 16.3. The van der Waals surface area contributed by atoms with Gasteiger partial charge in [0.25, 0.3) is 5.91 Å². The van der Waals surface area contributed by atoms with E-state index in [1.54, 1.807) is 19.1 Å². The molecule has 1 saturated heterocycles. The second-order valence-electron chi connectivity index (χ2n) is 7.26. The van der Waals surface area contributed by atoms with Crippen molar-refractivity contribution < 1.29 is 19.1 Å². The standard InChI is InChI=1S/C20H26N4O4/c1-22-16-13-24(7-6-23-8-10-28-11-9-23)19(25)17(16)18(21-20(22)26)14-4-3-5-15(12-14)27-2/h3-5,12,18H,6-11,13H2,1-2H3,(H,21,26)/t18-/m1/s1. The number of urea groups is 1. The summed E-state index contributed by atoms with van der Waals surface area (Å²) in [5.41, 5.74) is 2.28. The van der Waals surface area contributed by atoms with Gasteiger partial charge in [-0.3, -0.25) is 14.6 Å². The van der Waals surface area contributed by atoms with Crippen molar-refractivity contribution in [2.45, 2.75) is 6.04 Å². The van der Waals surface area contributed by atoms with E-state index in [9.17, 15) is 9.59 Å². The van der Waals surface area contributed by atoms with E-state index in [1.807, 2.05) is 29.2 Å². The van der Waals surface area contributed by atoms with Gasteiger partial charge in [0, 0.05) is 33.2 Å². The van der Waals surface area contributed by atoms with Crippen LogP contribution in [0.3, 0.4) is 0 Å². The quantitative estimate of drug-likeness (QED) is 0.811. The van der Waals surface area contributed by atoms with Crippen LogP contribution in [0.1, 0.15) is 11.6 Å². The molecule has 0 spiro atoms. The van der Waals surface area contributed by atoms with Crippen molar-refractivity contribution in [3.05, 3.63) is 41.1 Å². The molecule has 8 heteroatoms. The van der Waals surface area contributed by atoms with Gasteiger partial charge in [0.15, 0.2) is 0 Å². The van der Waals surface area contributed by atoms with Gasteiger partial charge >= 0.3 is 6.03 Å². The summed E-state index contributed by atoms with van der Waals surface area (Å²) in [6, 6.07) is 6.83. The lowest BCUT2D eigenvalue weighted by atomic mass is 9.95. The van der Waals surface area contributed by atoms with Crippen molar-refractivity contribution in [3.63, 3.8) is 0 Å². The van der Waals surface area contributed by atoms with Crippen LogP contribution in [-0.2, 0) is 9.53 Å². The molecule has 0 unspecified atom stereocenters. The summed E-state index contributed by atoms with van der Waals surface area (Å²) < 4.78 is 10.7. The number of nitrogens with one attached hydrogen (secondary N) is 1. The Morgan fingerprint density at radius 2 is 2.00 bits per heavy atom. The number of likely N-dealkylation sites (N-methyl/N-ethyl adjacent to an activating group) is 1. The smallest absolute Gasteiger partial charge is 0.322 e. The van der Waals surface area contributed by atoms with Crippen molar-refractivity contribution in [3.8, 4) is 5.75 Å². The molecule has 0 radical (unpaired) electrons. The van der Waals surface area contributed by atoms with Crippen LogP contribution < -0.4 is 10.1 Å². The minimum absolute atomic E-state index is 0.0112. The second-order valence-corrected chi connectivity index (χ2v) is 7.26. The highest BCUT2D eigenvalue weighted by atomic mass is 16.5. The molecule has 3 aliphatic heterocycles. The number of hydrogen-bond donors (Lipinski definition) is 1. The number of amides is 3. The van der Waals surface area contributed by atoms with Crippen molar-refractivity contribution in [2.75, 3.05) is 60.1 Å². The predicted molar refractivity (Wildman–Crippen MR) is 103 cm³/mol. The zero-order chi connectivity index (χ0) is 19.7. The Labute approximate surface area is 164 Å². The molecule has 1 N–H and O–H groups in total. The first-order valence-electron chi connectivity index (χ1n) is 9.59. The largest absolute Gasteiger partial charge is 0.497 e. The second kappa shape index (κ2) is 7.81. The van der Waals surface area contributed by atoms with Gasteiger partial charge in [0.05, 0.1) is 44.2 Å². The summed E-state index contributed by atoms with van der Waals surface area (Å²) in [6.07, 6.45) is 0. The molecular formula is C20H26N4O4. The van der Waals surface area contributed by atoms with E-state index < -0.39 is 6.04 Å². The molecule has 3 heterocycles. The molecule has 4 rings (SSSR count). The summed E-state index contributed by atoms with van der Waals surface area (Å²) in [4.78, 5) is 31.4. The molecule has 28 heavy (non-hydrogen) atoms. The summed E-state index contributed by atoms with van der Waals surface area (Å²) in [6.45, 7) is 5.17. The van der Waals surface area contributed by atoms with Crippen LogP contribution in [0.2, 0.25) is 0 Å². The third-order valence-corrected chi connectivity index (χ3v) is 5.65. The summed E-state index contributed by atoms with van der Waals surface area (Å²) in [7, 11) is 3.32. The predicted octanol–water partition coefficient (Wildman–Crippen LogP) is 0.820. The molecule has 0 saturated carbocycles. The van der Waals surface area contributed by atoms with Crippen LogP contribution in [0.15, 0.2) is 35.5 Å². The zero-order valence-electron chi connectivity index (χ0n) is 16.3. The number of carbonyl (C=O) groups excluding carboxylic acids is 2. The highest BCUT2D eigenvalue weighted by molar-refractivity contribution is 6.01. The summed E-state index contributed by atoms with van der Waals surface area (Å²) >= 11 is 0. The molecule has 1 fully saturated rings. The van der Waals surface area contributed by atoms with E-state index in [-0.39, 0.29) is 11.9 Å². The fourth-order valence-electron chi connectivity index (χ4n) is 3.96. The summed E-state index contributed by atoms with van der Waals surface area (Å²) in [5.74, 6) is 0.686. The maximum Gasteiger partial charge on any atom is 0.322 e. The Hall–Kier alpha value is -2.58. The minimum Gasteiger partial charge on any atom is -0.497 e. The first-order chi connectivity index (χ1) is 13.6. The first kappa shape index (κ1) is 18.8. The fourth-order valence-corrected chi connectivity index (χ4v) is 3.96. The number of methoxy groups -OCH3 is 1. The number of morpholine rings is 1. The highest BCUT2D eigenvalue weighted by Gasteiger charge is 2.42. The number of carbonyl (C=O) groups is 2. The van der Waals surface area contributed by atoms with Crippen molar-refractivity contribution in [1.29, 1.82) is 0 Å². The van der Waals surface area contributed by atoms with E-state index in [0.29, 0.717) is 24.4 Å². The molecule has 3 amide bonds. The molecule has 150 valence electrons. The van der Waals surface area contributed by atoms with Gasteiger partial charge in [0.2, 0.25) is 0 Å². The van der Waals surface area contributed by atoms with E-state index >= 15 is 0 Å². The Morgan fingerprint density at radius 3 is 2.75 bits per heavy atom. The van der Waals surface area contributed by atoms with Gasteiger partial charge in [-0.2, -0.15) is 0 Å². The average molecular weight is 386 g/mol. The third kappa shape index (κ3) is 3.45. The van der Waals surface area contributed by atoms with Gasteiger partial charge < -0.3 is 19.7 Å². The molecule has 0 bridgehead atoms. The number of hydrogen-bond acceptors (Lipinski definition) is 5. The highest BCUT2D eigenvalue weighted by Crippen LogP contribution is 2.36. The molecule has 1 aromatic rings. The SMILES string of the molecule is COc1cccc([C@H]2NC(=O)N(C)C3=C2C(=O)N(CCN2CCOCC2)C3)c1. The van der Waals surface area contributed by atoms with Gasteiger partial charge in [-0.15, -0.1) is 0 Å². The van der Waals surface area contributed by atoms with Crippen LogP contribution in [0.25, 0.3) is 0 Å². The van der Waals surface area contributed by atoms with Crippen LogP contribution >= 0.6 is 0 Å². The molecule has 1 atom stereocenters. The van der Waals surface area contributed by atoms with Crippen molar-refractivity contribution in [2.24, 2.45) is 0 Å². The van der Waals surface area contributed by atoms with E-state index in [0.717, 1.165) is 44.1 Å².